The van der Waals surface area contributed by atoms with Crippen LogP contribution in [-0.4, -0.2) is 27.7 Å². The summed E-state index contributed by atoms with van der Waals surface area (Å²) in [6.45, 7) is 0. The second-order valence-electron chi connectivity index (χ2n) is 6.94. The second-order valence-corrected chi connectivity index (χ2v) is 6.94. The van der Waals surface area contributed by atoms with Gasteiger partial charge < -0.3 is 11.1 Å². The molecule has 4 aromatic rings. The van der Waals surface area contributed by atoms with E-state index in [1.807, 2.05) is 30.3 Å². The summed E-state index contributed by atoms with van der Waals surface area (Å²) in [4.78, 5) is 47.4. The average Bonchev–Trinajstić information content (AvgIpc) is 3.04. The van der Waals surface area contributed by atoms with Crippen molar-refractivity contribution in [2.75, 3.05) is 10.2 Å². The summed E-state index contributed by atoms with van der Waals surface area (Å²) in [7, 11) is 0. The number of hydrogen-bond donors (Lipinski definition) is 2. The predicted molar refractivity (Wildman–Crippen MR) is 115 cm³/mol. The summed E-state index contributed by atoms with van der Waals surface area (Å²) in [5, 5.41) is 3.04. The van der Waals surface area contributed by atoms with E-state index < -0.39 is 17.7 Å². The summed E-state index contributed by atoms with van der Waals surface area (Å²) >= 11 is 0. The summed E-state index contributed by atoms with van der Waals surface area (Å²) in [5.74, 6) is -1.34. The number of fused-ring (bicyclic) bond motifs is 2. The number of aromatic nitrogens is 2. The normalized spacial score (nSPS) is 12.8. The number of nitrogens with one attached hydrogen (secondary N) is 1. The van der Waals surface area contributed by atoms with Gasteiger partial charge in [-0.2, -0.15) is 0 Å². The molecule has 0 spiro atoms. The van der Waals surface area contributed by atoms with E-state index in [-0.39, 0.29) is 11.5 Å². The molecule has 0 fully saturated rings. The van der Waals surface area contributed by atoms with E-state index in [1.165, 1.54) is 0 Å². The van der Waals surface area contributed by atoms with Gasteiger partial charge in [0, 0.05) is 5.69 Å². The Bertz CT molecular complexity index is 1350. The Morgan fingerprint density at radius 1 is 0.806 bits per heavy atom. The van der Waals surface area contributed by atoms with E-state index in [4.69, 9.17) is 5.73 Å². The molecule has 1 aromatic heterocycles. The van der Waals surface area contributed by atoms with E-state index >= 15 is 0 Å². The van der Waals surface area contributed by atoms with Gasteiger partial charge in [0.15, 0.2) is 11.5 Å². The molecule has 3 N–H and O–H groups in total. The number of benzene rings is 3. The summed E-state index contributed by atoms with van der Waals surface area (Å²) in [6.07, 6.45) is 0. The number of imide groups is 1. The zero-order valence-corrected chi connectivity index (χ0v) is 16.1. The third-order valence-electron chi connectivity index (χ3n) is 4.97. The first-order valence-electron chi connectivity index (χ1n) is 9.44. The van der Waals surface area contributed by atoms with Crippen LogP contribution in [0, 0.1) is 0 Å². The standard InChI is InChI=1S/C23H15N5O3/c24-20(29)19-21(25-13-6-2-1-3-7-13)27-18-12-14(10-11-17(18)26-19)28-22(30)15-8-4-5-9-16(15)23(28)31/h1-12H,(H2,24,29)(H,25,27). The molecule has 5 rings (SSSR count). The lowest BCUT2D eigenvalue weighted by Crippen LogP contribution is -2.29. The highest BCUT2D eigenvalue weighted by Crippen LogP contribution is 2.30. The Hall–Kier alpha value is -4.59. The minimum atomic E-state index is -0.725. The molecule has 150 valence electrons. The molecule has 0 aliphatic carbocycles. The van der Waals surface area contributed by atoms with Crippen LogP contribution in [0.15, 0.2) is 72.8 Å². The molecule has 0 radical (unpaired) electrons. The van der Waals surface area contributed by atoms with Gasteiger partial charge in [-0.1, -0.05) is 30.3 Å². The number of nitrogens with zero attached hydrogens (tertiary/aromatic N) is 3. The number of amides is 3. The van der Waals surface area contributed by atoms with Crippen molar-refractivity contribution in [1.82, 2.24) is 9.97 Å². The summed E-state index contributed by atoms with van der Waals surface area (Å²) in [6, 6.07) is 20.6. The molecule has 2 heterocycles. The molecule has 1 aliphatic rings. The fourth-order valence-corrected chi connectivity index (χ4v) is 3.52. The maximum atomic E-state index is 12.8. The highest BCUT2D eigenvalue weighted by molar-refractivity contribution is 6.34. The molecule has 1 aliphatic heterocycles. The average molecular weight is 409 g/mol. The van der Waals surface area contributed by atoms with E-state index in [2.05, 4.69) is 15.3 Å². The minimum absolute atomic E-state index is 0.00941. The Morgan fingerprint density at radius 2 is 1.45 bits per heavy atom. The summed E-state index contributed by atoms with van der Waals surface area (Å²) in [5.41, 5.74) is 8.08. The van der Waals surface area contributed by atoms with Crippen LogP contribution in [0.1, 0.15) is 31.2 Å². The first-order chi connectivity index (χ1) is 15.0. The number of hydrogen-bond acceptors (Lipinski definition) is 6. The van der Waals surface area contributed by atoms with Crippen LogP contribution in [0.2, 0.25) is 0 Å². The van der Waals surface area contributed by atoms with Gasteiger partial charge in [0.05, 0.1) is 27.8 Å². The molecule has 0 saturated carbocycles. The van der Waals surface area contributed by atoms with Gasteiger partial charge in [0.25, 0.3) is 17.7 Å². The van der Waals surface area contributed by atoms with Crippen molar-refractivity contribution in [2.45, 2.75) is 0 Å². The Morgan fingerprint density at radius 3 is 2.10 bits per heavy atom. The number of para-hydroxylation sites is 1. The molecule has 8 heteroatoms. The van der Waals surface area contributed by atoms with Crippen molar-refractivity contribution in [2.24, 2.45) is 5.73 Å². The third-order valence-corrected chi connectivity index (χ3v) is 4.97. The maximum absolute atomic E-state index is 12.8. The molecule has 3 amide bonds. The summed E-state index contributed by atoms with van der Waals surface area (Å²) < 4.78 is 0. The lowest BCUT2D eigenvalue weighted by atomic mass is 10.1. The molecule has 3 aromatic carbocycles. The number of carbonyl (C=O) groups excluding carboxylic acids is 3. The molecular weight excluding hydrogens is 394 g/mol. The van der Waals surface area contributed by atoms with E-state index in [0.717, 1.165) is 4.90 Å². The fraction of sp³-hybridized carbons (Fsp3) is 0. The minimum Gasteiger partial charge on any atom is -0.364 e. The molecule has 8 nitrogen and oxygen atoms in total. The quantitative estimate of drug-likeness (QED) is 0.500. The molecule has 0 saturated heterocycles. The Labute approximate surface area is 176 Å². The van der Waals surface area contributed by atoms with Gasteiger partial charge in [0.2, 0.25) is 0 Å². The molecule has 0 bridgehead atoms. The van der Waals surface area contributed by atoms with E-state index in [1.54, 1.807) is 42.5 Å². The van der Waals surface area contributed by atoms with Crippen LogP contribution < -0.4 is 16.0 Å². The lowest BCUT2D eigenvalue weighted by Gasteiger charge is -2.15. The van der Waals surface area contributed by atoms with Crippen molar-refractivity contribution in [3.63, 3.8) is 0 Å². The number of rotatable bonds is 4. The first-order valence-corrected chi connectivity index (χ1v) is 9.44. The van der Waals surface area contributed by atoms with Crippen molar-refractivity contribution in [3.05, 3.63) is 89.6 Å². The topological polar surface area (TPSA) is 118 Å². The van der Waals surface area contributed by atoms with Crippen molar-refractivity contribution in [1.29, 1.82) is 0 Å². The fourth-order valence-electron chi connectivity index (χ4n) is 3.52. The van der Waals surface area contributed by atoms with E-state index in [9.17, 15) is 14.4 Å². The monoisotopic (exact) mass is 409 g/mol. The van der Waals surface area contributed by atoms with Crippen LogP contribution in [0.3, 0.4) is 0 Å². The van der Waals surface area contributed by atoms with Crippen LogP contribution in [0.4, 0.5) is 17.2 Å². The van der Waals surface area contributed by atoms with Crippen LogP contribution in [-0.2, 0) is 0 Å². The first kappa shape index (κ1) is 18.4. The van der Waals surface area contributed by atoms with E-state index in [0.29, 0.717) is 33.5 Å². The predicted octanol–water partition coefficient (Wildman–Crippen LogP) is 3.27. The Kier molecular flexibility index (Phi) is 4.18. The van der Waals surface area contributed by atoms with Crippen LogP contribution in [0.25, 0.3) is 11.0 Å². The SMILES string of the molecule is NC(=O)c1nc2ccc(N3C(=O)c4ccccc4C3=O)cc2nc1Nc1ccccc1. The number of primary amides is 1. The van der Waals surface area contributed by atoms with Gasteiger partial charge in [-0.3, -0.25) is 14.4 Å². The van der Waals surface area contributed by atoms with Gasteiger partial charge >= 0.3 is 0 Å². The van der Waals surface area contributed by atoms with Gasteiger partial charge in [-0.25, -0.2) is 14.9 Å². The van der Waals surface area contributed by atoms with Crippen LogP contribution >= 0.6 is 0 Å². The van der Waals surface area contributed by atoms with Crippen molar-refractivity contribution in [3.8, 4) is 0 Å². The number of anilines is 3. The number of carbonyl (C=O) groups is 3. The zero-order valence-electron chi connectivity index (χ0n) is 16.1. The smallest absolute Gasteiger partial charge is 0.271 e. The Balaban J connectivity index is 1.60. The molecule has 0 unspecified atom stereocenters. The maximum Gasteiger partial charge on any atom is 0.271 e. The van der Waals surface area contributed by atoms with Gasteiger partial charge in [-0.05, 0) is 42.5 Å². The van der Waals surface area contributed by atoms with Crippen molar-refractivity contribution >= 4 is 45.9 Å². The zero-order chi connectivity index (χ0) is 21.5. The highest BCUT2D eigenvalue weighted by atomic mass is 16.2. The molecule has 31 heavy (non-hydrogen) atoms. The van der Waals surface area contributed by atoms with Crippen molar-refractivity contribution < 1.29 is 14.4 Å². The third kappa shape index (κ3) is 3.06. The number of nitrogens with two attached hydrogens (primary N) is 1. The molecule has 0 atom stereocenters. The largest absolute Gasteiger partial charge is 0.364 e. The second kappa shape index (κ2) is 7.03. The van der Waals surface area contributed by atoms with Crippen LogP contribution in [0.5, 0.6) is 0 Å². The highest BCUT2D eigenvalue weighted by Gasteiger charge is 2.36. The molecular formula is C23H15N5O3. The lowest BCUT2D eigenvalue weighted by molar-refractivity contribution is 0.0924. The van der Waals surface area contributed by atoms with Gasteiger partial charge in [0.1, 0.15) is 0 Å². The van der Waals surface area contributed by atoms with Gasteiger partial charge in [-0.15, -0.1) is 0 Å².